The van der Waals surface area contributed by atoms with Gasteiger partial charge < -0.3 is 5.32 Å². The maximum Gasteiger partial charge on any atom is 0.0897 e. The fourth-order valence-electron chi connectivity index (χ4n) is 2.82. The Hall–Kier alpha value is -1.19. The Labute approximate surface area is 118 Å². The Morgan fingerprint density at radius 3 is 2.74 bits per heavy atom. The molecule has 0 aliphatic heterocycles. The van der Waals surface area contributed by atoms with E-state index in [-0.39, 0.29) is 0 Å². The fraction of sp³-hybridized carbons (Fsp3) is 0.438. The normalized spacial score (nSPS) is 22.2. The quantitative estimate of drug-likeness (QED) is 0.916. The molecular formula is C16H20N2S. The molecule has 100 valence electrons. The van der Waals surface area contributed by atoms with Gasteiger partial charge in [-0.25, -0.2) is 4.98 Å². The molecule has 0 saturated heterocycles. The average Bonchev–Trinajstić information content (AvgIpc) is 2.75. The van der Waals surface area contributed by atoms with Crippen molar-refractivity contribution >= 4 is 11.3 Å². The highest BCUT2D eigenvalue weighted by molar-refractivity contribution is 7.11. The van der Waals surface area contributed by atoms with Gasteiger partial charge in [0.15, 0.2) is 0 Å². The molecule has 1 heterocycles. The molecule has 0 spiro atoms. The van der Waals surface area contributed by atoms with E-state index in [9.17, 15) is 0 Å². The zero-order valence-electron chi connectivity index (χ0n) is 11.5. The van der Waals surface area contributed by atoms with Gasteiger partial charge >= 0.3 is 0 Å². The summed E-state index contributed by atoms with van der Waals surface area (Å²) in [5.74, 6) is 0.752. The molecule has 1 aromatic carbocycles. The van der Waals surface area contributed by atoms with E-state index >= 15 is 0 Å². The number of aryl methyl sites for hydroxylation is 2. The minimum Gasteiger partial charge on any atom is -0.309 e. The maximum absolute atomic E-state index is 4.29. The van der Waals surface area contributed by atoms with Crippen molar-refractivity contribution < 1.29 is 0 Å². The van der Waals surface area contributed by atoms with E-state index in [2.05, 4.69) is 48.4 Å². The number of benzene rings is 1. The second kappa shape index (κ2) is 5.43. The Bertz CT molecular complexity index is 555. The van der Waals surface area contributed by atoms with Crippen molar-refractivity contribution in [3.05, 3.63) is 51.5 Å². The Balaban J connectivity index is 1.49. The molecule has 3 heteroatoms. The molecular weight excluding hydrogens is 252 g/mol. The summed E-state index contributed by atoms with van der Waals surface area (Å²) in [4.78, 5) is 5.64. The highest BCUT2D eigenvalue weighted by Gasteiger charge is 2.30. The SMILES string of the molecule is Cc1ncc(CNC2CC(c3ccccc3C)C2)s1. The third-order valence-electron chi connectivity index (χ3n) is 4.00. The Morgan fingerprint density at radius 1 is 1.26 bits per heavy atom. The van der Waals surface area contributed by atoms with Crippen LogP contribution >= 0.6 is 11.3 Å². The molecule has 1 saturated carbocycles. The second-order valence-corrected chi connectivity index (χ2v) is 6.77. The zero-order chi connectivity index (χ0) is 13.2. The standard InChI is InChI=1S/C16H20N2S/c1-11-5-3-4-6-16(11)13-7-14(8-13)18-10-15-9-17-12(2)19-15/h3-6,9,13-14,18H,7-8,10H2,1-2H3. The Kier molecular flexibility index (Phi) is 3.67. The van der Waals surface area contributed by atoms with Crippen molar-refractivity contribution in [3.8, 4) is 0 Å². The molecule has 1 fully saturated rings. The van der Waals surface area contributed by atoms with E-state index in [1.807, 2.05) is 6.20 Å². The first-order valence-corrected chi connectivity index (χ1v) is 7.74. The van der Waals surface area contributed by atoms with Crippen LogP contribution in [0.2, 0.25) is 0 Å². The van der Waals surface area contributed by atoms with Crippen LogP contribution in [0.5, 0.6) is 0 Å². The highest BCUT2D eigenvalue weighted by Crippen LogP contribution is 2.38. The van der Waals surface area contributed by atoms with Crippen molar-refractivity contribution in [1.82, 2.24) is 10.3 Å². The molecule has 1 N–H and O–H groups in total. The lowest BCUT2D eigenvalue weighted by Crippen LogP contribution is -2.39. The fourth-order valence-corrected chi connectivity index (χ4v) is 3.56. The second-order valence-electron chi connectivity index (χ2n) is 5.45. The lowest BCUT2D eigenvalue weighted by molar-refractivity contribution is 0.289. The highest BCUT2D eigenvalue weighted by atomic mass is 32.1. The van der Waals surface area contributed by atoms with E-state index in [0.717, 1.165) is 17.5 Å². The molecule has 1 aliphatic carbocycles. The number of nitrogens with zero attached hydrogens (tertiary/aromatic N) is 1. The van der Waals surface area contributed by atoms with Crippen molar-refractivity contribution in [2.45, 2.75) is 45.2 Å². The first-order chi connectivity index (χ1) is 9.22. The molecule has 2 aromatic rings. The molecule has 0 atom stereocenters. The van der Waals surface area contributed by atoms with Gasteiger partial charge in [0, 0.05) is 23.7 Å². The van der Waals surface area contributed by atoms with Crippen molar-refractivity contribution in [1.29, 1.82) is 0 Å². The smallest absolute Gasteiger partial charge is 0.0897 e. The van der Waals surface area contributed by atoms with Crippen LogP contribution in [0.3, 0.4) is 0 Å². The number of hydrogen-bond acceptors (Lipinski definition) is 3. The largest absolute Gasteiger partial charge is 0.309 e. The topological polar surface area (TPSA) is 24.9 Å². The lowest BCUT2D eigenvalue weighted by Gasteiger charge is -2.37. The predicted molar refractivity (Wildman–Crippen MR) is 80.6 cm³/mol. The summed E-state index contributed by atoms with van der Waals surface area (Å²) in [7, 11) is 0. The van der Waals surface area contributed by atoms with Crippen LogP contribution in [-0.2, 0) is 6.54 Å². The van der Waals surface area contributed by atoms with Crippen LogP contribution < -0.4 is 5.32 Å². The van der Waals surface area contributed by atoms with Gasteiger partial charge in [-0.2, -0.15) is 0 Å². The van der Waals surface area contributed by atoms with E-state index in [4.69, 9.17) is 0 Å². The first kappa shape index (κ1) is 12.8. The van der Waals surface area contributed by atoms with Gasteiger partial charge in [0.1, 0.15) is 0 Å². The van der Waals surface area contributed by atoms with Gasteiger partial charge in [0.25, 0.3) is 0 Å². The van der Waals surface area contributed by atoms with Gasteiger partial charge in [0.2, 0.25) is 0 Å². The molecule has 3 rings (SSSR count). The molecule has 0 bridgehead atoms. The zero-order valence-corrected chi connectivity index (χ0v) is 12.3. The van der Waals surface area contributed by atoms with Gasteiger partial charge in [-0.15, -0.1) is 11.3 Å². The van der Waals surface area contributed by atoms with Gasteiger partial charge in [-0.3, -0.25) is 0 Å². The van der Waals surface area contributed by atoms with Gasteiger partial charge in [-0.05, 0) is 43.7 Å². The summed E-state index contributed by atoms with van der Waals surface area (Å²) in [5.41, 5.74) is 2.97. The molecule has 19 heavy (non-hydrogen) atoms. The van der Waals surface area contributed by atoms with Crippen LogP contribution in [0.4, 0.5) is 0 Å². The van der Waals surface area contributed by atoms with Crippen LogP contribution in [0, 0.1) is 13.8 Å². The lowest BCUT2D eigenvalue weighted by atomic mass is 9.74. The summed E-state index contributed by atoms with van der Waals surface area (Å²) in [6.45, 7) is 5.25. The van der Waals surface area contributed by atoms with Crippen LogP contribution in [0.25, 0.3) is 0 Å². The summed E-state index contributed by atoms with van der Waals surface area (Å²) < 4.78 is 0. The molecule has 0 radical (unpaired) electrons. The monoisotopic (exact) mass is 272 g/mol. The van der Waals surface area contributed by atoms with E-state index < -0.39 is 0 Å². The summed E-state index contributed by atoms with van der Waals surface area (Å²) in [6.07, 6.45) is 4.52. The van der Waals surface area contributed by atoms with E-state index in [0.29, 0.717) is 6.04 Å². The maximum atomic E-state index is 4.29. The van der Waals surface area contributed by atoms with Crippen molar-refractivity contribution in [3.63, 3.8) is 0 Å². The minimum atomic E-state index is 0.673. The van der Waals surface area contributed by atoms with E-state index in [1.54, 1.807) is 11.3 Å². The Morgan fingerprint density at radius 2 is 2.05 bits per heavy atom. The summed E-state index contributed by atoms with van der Waals surface area (Å²) in [5, 5.41) is 4.79. The third-order valence-corrected chi connectivity index (χ3v) is 4.91. The number of nitrogens with one attached hydrogen (secondary N) is 1. The van der Waals surface area contributed by atoms with Gasteiger partial charge in [-0.1, -0.05) is 24.3 Å². The van der Waals surface area contributed by atoms with Crippen LogP contribution in [0.1, 0.15) is 39.8 Å². The summed E-state index contributed by atoms with van der Waals surface area (Å²) in [6, 6.07) is 9.45. The summed E-state index contributed by atoms with van der Waals surface area (Å²) >= 11 is 1.79. The molecule has 1 aliphatic rings. The molecule has 0 amide bonds. The third kappa shape index (κ3) is 2.88. The predicted octanol–water partition coefficient (Wildman–Crippen LogP) is 3.80. The van der Waals surface area contributed by atoms with Crippen molar-refractivity contribution in [2.75, 3.05) is 0 Å². The number of aromatic nitrogens is 1. The first-order valence-electron chi connectivity index (χ1n) is 6.92. The molecule has 1 aromatic heterocycles. The molecule has 0 unspecified atom stereocenters. The van der Waals surface area contributed by atoms with Gasteiger partial charge in [0.05, 0.1) is 5.01 Å². The van der Waals surface area contributed by atoms with E-state index in [1.165, 1.54) is 28.8 Å². The minimum absolute atomic E-state index is 0.673. The van der Waals surface area contributed by atoms with Crippen LogP contribution in [0.15, 0.2) is 30.5 Å². The molecule has 2 nitrogen and oxygen atoms in total. The number of hydrogen-bond donors (Lipinski definition) is 1. The van der Waals surface area contributed by atoms with Crippen molar-refractivity contribution in [2.24, 2.45) is 0 Å². The number of thiazole rings is 1. The number of rotatable bonds is 4. The van der Waals surface area contributed by atoms with Crippen LogP contribution in [-0.4, -0.2) is 11.0 Å². The average molecular weight is 272 g/mol.